The van der Waals surface area contributed by atoms with Crippen molar-refractivity contribution in [2.24, 2.45) is 5.92 Å². The number of nitrogens with one attached hydrogen (secondary N) is 2. The number of rotatable bonds is 11. The molecule has 10 nitrogen and oxygen atoms in total. The van der Waals surface area contributed by atoms with E-state index in [1.165, 1.54) is 42.1 Å². The molecule has 0 saturated heterocycles. The molecule has 2 amide bonds. The third kappa shape index (κ3) is 7.67. The molecule has 0 bridgehead atoms. The van der Waals surface area contributed by atoms with Gasteiger partial charge in [0.25, 0.3) is 11.6 Å². The van der Waals surface area contributed by atoms with Crippen LogP contribution in [0.2, 0.25) is 10.0 Å². The number of hydrogen-bond acceptors (Lipinski definition) is 7. The summed E-state index contributed by atoms with van der Waals surface area (Å²) in [6.45, 7) is 6.54. The molecule has 2 aromatic carbocycles. The average molecular weight is 565 g/mol. The van der Waals surface area contributed by atoms with E-state index < -0.39 is 11.0 Å². The number of halogens is 2. The van der Waals surface area contributed by atoms with Gasteiger partial charge in [0.15, 0.2) is 11.0 Å². The van der Waals surface area contributed by atoms with Crippen LogP contribution in [0.15, 0.2) is 47.6 Å². The first-order valence-corrected chi connectivity index (χ1v) is 13.2. The van der Waals surface area contributed by atoms with E-state index in [9.17, 15) is 19.7 Å². The van der Waals surface area contributed by atoms with Crippen LogP contribution in [0.3, 0.4) is 0 Å². The van der Waals surface area contributed by atoms with Crippen molar-refractivity contribution in [2.45, 2.75) is 44.9 Å². The largest absolute Gasteiger partial charge is 0.342 e. The van der Waals surface area contributed by atoms with Crippen molar-refractivity contribution in [1.82, 2.24) is 20.1 Å². The zero-order valence-electron chi connectivity index (χ0n) is 20.4. The summed E-state index contributed by atoms with van der Waals surface area (Å²) >= 11 is 13.4. The van der Waals surface area contributed by atoms with Gasteiger partial charge in [0, 0.05) is 29.4 Å². The molecule has 0 radical (unpaired) electrons. The SMILES string of the molecule is CCn1c(SCC(=O)Nc2ccc([N+](=O)[O-])cc2)nnc1[C@@H](CC(C)C)NC(=O)c1ccc(Cl)cc1Cl. The number of nitro groups is 1. The summed E-state index contributed by atoms with van der Waals surface area (Å²) in [5.74, 6) is 0.228. The van der Waals surface area contributed by atoms with Crippen molar-refractivity contribution in [3.05, 3.63) is 74.0 Å². The molecule has 1 aromatic heterocycles. The number of carbonyl (C=O) groups is 2. The molecule has 0 aliphatic carbocycles. The summed E-state index contributed by atoms with van der Waals surface area (Å²) in [5, 5.41) is 26.3. The highest BCUT2D eigenvalue weighted by atomic mass is 35.5. The molecule has 0 saturated carbocycles. The van der Waals surface area contributed by atoms with Crippen molar-refractivity contribution in [3.63, 3.8) is 0 Å². The van der Waals surface area contributed by atoms with Crippen molar-refractivity contribution in [1.29, 1.82) is 0 Å². The molecular weight excluding hydrogens is 539 g/mol. The van der Waals surface area contributed by atoms with Gasteiger partial charge in [0.2, 0.25) is 5.91 Å². The van der Waals surface area contributed by atoms with Crippen LogP contribution < -0.4 is 10.6 Å². The maximum absolute atomic E-state index is 13.0. The van der Waals surface area contributed by atoms with E-state index in [4.69, 9.17) is 23.2 Å². The highest BCUT2D eigenvalue weighted by Gasteiger charge is 2.25. The Kier molecular flexibility index (Phi) is 9.90. The molecule has 0 aliphatic heterocycles. The minimum absolute atomic E-state index is 0.0523. The normalized spacial score (nSPS) is 11.8. The molecule has 3 aromatic rings. The first-order chi connectivity index (χ1) is 17.6. The van der Waals surface area contributed by atoms with Crippen LogP contribution in [-0.4, -0.2) is 37.3 Å². The van der Waals surface area contributed by atoms with Gasteiger partial charge in [-0.2, -0.15) is 0 Å². The lowest BCUT2D eigenvalue weighted by atomic mass is 10.0. The summed E-state index contributed by atoms with van der Waals surface area (Å²) in [6, 6.07) is 9.84. The predicted molar refractivity (Wildman–Crippen MR) is 144 cm³/mol. The quantitative estimate of drug-likeness (QED) is 0.172. The van der Waals surface area contributed by atoms with Gasteiger partial charge >= 0.3 is 0 Å². The Morgan fingerprint density at radius 2 is 1.84 bits per heavy atom. The molecule has 0 aliphatic rings. The standard InChI is InChI=1S/C24H26Cl2N6O4S/c1-4-31-22(20(11-14(2)3)28-23(34)18-10-5-15(25)12-19(18)26)29-30-24(31)37-13-21(33)27-16-6-8-17(9-7-16)32(35)36/h5-10,12,14,20H,4,11,13H2,1-3H3,(H,27,33)(H,28,34)/t20-/m1/s1. The third-order valence-electron chi connectivity index (χ3n) is 5.26. The number of benzene rings is 2. The number of hydrogen-bond donors (Lipinski definition) is 2. The van der Waals surface area contributed by atoms with Gasteiger partial charge in [-0.3, -0.25) is 19.7 Å². The van der Waals surface area contributed by atoms with Gasteiger partial charge in [0.05, 0.1) is 27.3 Å². The monoisotopic (exact) mass is 564 g/mol. The lowest BCUT2D eigenvalue weighted by Gasteiger charge is -2.21. The van der Waals surface area contributed by atoms with Crippen molar-refractivity contribution < 1.29 is 14.5 Å². The van der Waals surface area contributed by atoms with Crippen LogP contribution in [-0.2, 0) is 11.3 Å². The number of carbonyl (C=O) groups excluding carboxylic acids is 2. The number of anilines is 1. The Balaban J connectivity index is 1.72. The molecule has 196 valence electrons. The Labute approximate surface area is 228 Å². The van der Waals surface area contributed by atoms with E-state index in [-0.39, 0.29) is 34.2 Å². The molecule has 37 heavy (non-hydrogen) atoms. The van der Waals surface area contributed by atoms with Gasteiger partial charge in [-0.25, -0.2) is 0 Å². The summed E-state index contributed by atoms with van der Waals surface area (Å²) in [5.41, 5.74) is 0.701. The molecule has 1 atom stereocenters. The van der Waals surface area contributed by atoms with Crippen LogP contribution in [0, 0.1) is 16.0 Å². The van der Waals surface area contributed by atoms with Crippen molar-refractivity contribution in [2.75, 3.05) is 11.1 Å². The second-order valence-electron chi connectivity index (χ2n) is 8.51. The number of amides is 2. The minimum Gasteiger partial charge on any atom is -0.342 e. The fourth-order valence-corrected chi connectivity index (χ4v) is 4.87. The predicted octanol–water partition coefficient (Wildman–Crippen LogP) is 5.76. The molecule has 0 spiro atoms. The number of thioether (sulfide) groups is 1. The van der Waals surface area contributed by atoms with E-state index in [1.54, 1.807) is 12.1 Å². The van der Waals surface area contributed by atoms with Crippen LogP contribution in [0.25, 0.3) is 0 Å². The van der Waals surface area contributed by atoms with E-state index in [1.807, 2.05) is 25.3 Å². The zero-order chi connectivity index (χ0) is 27.1. The lowest BCUT2D eigenvalue weighted by Crippen LogP contribution is -2.31. The second kappa shape index (κ2) is 12.9. The fraction of sp³-hybridized carbons (Fsp3) is 0.333. The highest BCUT2D eigenvalue weighted by molar-refractivity contribution is 7.99. The Morgan fingerprint density at radius 3 is 2.43 bits per heavy atom. The molecule has 13 heteroatoms. The fourth-order valence-electron chi connectivity index (χ4n) is 3.57. The molecule has 1 heterocycles. The summed E-state index contributed by atoms with van der Waals surface area (Å²) in [4.78, 5) is 35.7. The molecule has 3 rings (SSSR count). The number of non-ortho nitro benzene ring substituents is 1. The first-order valence-electron chi connectivity index (χ1n) is 11.4. The summed E-state index contributed by atoms with van der Waals surface area (Å²) in [7, 11) is 0. The maximum atomic E-state index is 13.0. The topological polar surface area (TPSA) is 132 Å². The molecule has 2 N–H and O–H groups in total. The van der Waals surface area contributed by atoms with Crippen LogP contribution in [0.1, 0.15) is 49.4 Å². The van der Waals surface area contributed by atoms with Crippen LogP contribution >= 0.6 is 35.0 Å². The first kappa shape index (κ1) is 28.4. The van der Waals surface area contributed by atoms with Gasteiger partial charge < -0.3 is 15.2 Å². The maximum Gasteiger partial charge on any atom is 0.269 e. The molecule has 0 unspecified atom stereocenters. The van der Waals surface area contributed by atoms with Gasteiger partial charge in [-0.1, -0.05) is 48.8 Å². The van der Waals surface area contributed by atoms with Gasteiger partial charge in [-0.05, 0) is 49.6 Å². The van der Waals surface area contributed by atoms with E-state index in [2.05, 4.69) is 20.8 Å². The minimum atomic E-state index is -0.504. The van der Waals surface area contributed by atoms with Crippen molar-refractivity contribution >= 4 is 58.2 Å². The number of nitro benzene ring substituents is 1. The molecular formula is C24H26Cl2N6O4S. The van der Waals surface area contributed by atoms with Crippen LogP contribution in [0.5, 0.6) is 0 Å². The van der Waals surface area contributed by atoms with E-state index in [0.29, 0.717) is 40.2 Å². The third-order valence-corrected chi connectivity index (χ3v) is 6.77. The average Bonchev–Trinajstić information content (AvgIpc) is 3.25. The Morgan fingerprint density at radius 1 is 1.14 bits per heavy atom. The van der Waals surface area contributed by atoms with Gasteiger partial charge in [0.1, 0.15) is 0 Å². The highest BCUT2D eigenvalue weighted by Crippen LogP contribution is 2.27. The number of aromatic nitrogens is 3. The summed E-state index contributed by atoms with van der Waals surface area (Å²) < 4.78 is 1.86. The smallest absolute Gasteiger partial charge is 0.269 e. The Hall–Kier alpha value is -3.15. The Bertz CT molecular complexity index is 1280. The number of nitrogens with zero attached hydrogens (tertiary/aromatic N) is 4. The van der Waals surface area contributed by atoms with Gasteiger partial charge in [-0.15, -0.1) is 10.2 Å². The molecule has 0 fully saturated rings. The van der Waals surface area contributed by atoms with Crippen molar-refractivity contribution in [3.8, 4) is 0 Å². The van der Waals surface area contributed by atoms with E-state index in [0.717, 1.165) is 0 Å². The second-order valence-corrected chi connectivity index (χ2v) is 10.3. The van der Waals surface area contributed by atoms with E-state index >= 15 is 0 Å². The lowest BCUT2D eigenvalue weighted by molar-refractivity contribution is -0.384. The van der Waals surface area contributed by atoms with Crippen LogP contribution in [0.4, 0.5) is 11.4 Å². The summed E-state index contributed by atoms with van der Waals surface area (Å²) in [6.07, 6.45) is 0.611. The zero-order valence-corrected chi connectivity index (χ0v) is 22.7.